The van der Waals surface area contributed by atoms with Crippen LogP contribution in [0.5, 0.6) is 11.5 Å². The summed E-state index contributed by atoms with van der Waals surface area (Å²) in [5, 5.41) is 3.34. The monoisotopic (exact) mass is 575 g/mol. The second-order valence-electron chi connectivity index (χ2n) is 9.11. The van der Waals surface area contributed by atoms with Gasteiger partial charge in [0.15, 0.2) is 5.16 Å². The predicted molar refractivity (Wildman–Crippen MR) is 154 cm³/mol. The summed E-state index contributed by atoms with van der Waals surface area (Å²) in [7, 11) is 3.01. The molecule has 2 amide bonds. The lowest BCUT2D eigenvalue weighted by molar-refractivity contribution is -0.137. The van der Waals surface area contributed by atoms with Crippen LogP contribution in [0, 0.1) is 19.7 Å². The first-order chi connectivity index (χ1) is 19.8. The van der Waals surface area contributed by atoms with E-state index in [1.165, 1.54) is 55.1 Å². The second kappa shape index (κ2) is 13.7. The third kappa shape index (κ3) is 7.79. The number of rotatable bonds is 11. The van der Waals surface area contributed by atoms with E-state index in [0.29, 0.717) is 27.9 Å². The lowest BCUT2D eigenvalue weighted by Crippen LogP contribution is -2.42. The molecular weight excluding hydrogens is 545 g/mol. The number of carbonyl (C=O) groups excluding carboxylic acids is 2. The average molecular weight is 576 g/mol. The number of aromatic nitrogens is 3. The zero-order chi connectivity index (χ0) is 29.4. The summed E-state index contributed by atoms with van der Waals surface area (Å²) in [5.74, 6) is -0.410. The maximum Gasteiger partial charge on any atom is 0.251 e. The lowest BCUT2D eigenvalue weighted by atomic mass is 10.0. The molecule has 212 valence electrons. The Morgan fingerprint density at radius 3 is 2.37 bits per heavy atom. The van der Waals surface area contributed by atoms with Crippen LogP contribution in [-0.2, 0) is 16.1 Å². The van der Waals surface area contributed by atoms with Crippen molar-refractivity contribution in [2.75, 3.05) is 25.3 Å². The summed E-state index contributed by atoms with van der Waals surface area (Å²) >= 11 is 1.18. The zero-order valence-corrected chi connectivity index (χ0v) is 23.9. The molecule has 0 fully saturated rings. The second-order valence-corrected chi connectivity index (χ2v) is 10.1. The minimum Gasteiger partial charge on any atom is -0.497 e. The molecule has 4 rings (SSSR count). The van der Waals surface area contributed by atoms with Crippen molar-refractivity contribution in [1.82, 2.24) is 19.9 Å². The van der Waals surface area contributed by atoms with Gasteiger partial charge in [-0.15, -0.1) is 0 Å². The fourth-order valence-corrected chi connectivity index (χ4v) is 5.04. The Labute approximate surface area is 242 Å². The lowest BCUT2D eigenvalue weighted by Gasteiger charge is -2.31. The van der Waals surface area contributed by atoms with Gasteiger partial charge in [-0.2, -0.15) is 0 Å². The molecule has 2 aromatic carbocycles. The van der Waals surface area contributed by atoms with Gasteiger partial charge in [0.05, 0.1) is 25.7 Å². The van der Waals surface area contributed by atoms with Gasteiger partial charge in [0.2, 0.25) is 5.91 Å². The number of thioether (sulfide) groups is 1. The Balaban J connectivity index is 1.71. The van der Waals surface area contributed by atoms with Crippen molar-refractivity contribution >= 4 is 29.3 Å². The van der Waals surface area contributed by atoms with E-state index < -0.39 is 17.8 Å². The topological polar surface area (TPSA) is 107 Å². The summed E-state index contributed by atoms with van der Waals surface area (Å²) in [5.41, 5.74) is 3.11. The van der Waals surface area contributed by atoms with Crippen molar-refractivity contribution in [2.24, 2.45) is 0 Å². The van der Waals surface area contributed by atoms with Crippen LogP contribution in [0.4, 0.5) is 10.1 Å². The van der Waals surface area contributed by atoms with Crippen LogP contribution >= 0.6 is 11.8 Å². The summed E-state index contributed by atoms with van der Waals surface area (Å²) in [6.07, 6.45) is 3.26. The van der Waals surface area contributed by atoms with Gasteiger partial charge in [0, 0.05) is 36.4 Å². The first-order valence-electron chi connectivity index (χ1n) is 12.7. The van der Waals surface area contributed by atoms with Gasteiger partial charge in [-0.25, -0.2) is 14.4 Å². The van der Waals surface area contributed by atoms with E-state index in [-0.39, 0.29) is 18.2 Å². The minimum atomic E-state index is -1.11. The van der Waals surface area contributed by atoms with Gasteiger partial charge in [0.1, 0.15) is 23.4 Å². The number of amides is 2. The van der Waals surface area contributed by atoms with Crippen LogP contribution in [0.25, 0.3) is 0 Å². The first-order valence-corrected chi connectivity index (χ1v) is 13.7. The van der Waals surface area contributed by atoms with Crippen LogP contribution in [-0.4, -0.2) is 51.6 Å². The third-order valence-corrected chi connectivity index (χ3v) is 6.93. The smallest absolute Gasteiger partial charge is 0.251 e. The van der Waals surface area contributed by atoms with Crippen molar-refractivity contribution in [2.45, 2.75) is 31.6 Å². The number of ether oxygens (including phenoxy) is 2. The number of nitrogens with one attached hydrogen (secondary N) is 1. The van der Waals surface area contributed by atoms with Crippen molar-refractivity contribution in [3.05, 3.63) is 101 Å². The van der Waals surface area contributed by atoms with Crippen LogP contribution < -0.4 is 14.8 Å². The Bertz CT molecular complexity index is 1480. The number of benzene rings is 2. The summed E-state index contributed by atoms with van der Waals surface area (Å²) < 4.78 is 24.6. The Morgan fingerprint density at radius 1 is 1.00 bits per heavy atom. The molecule has 0 spiro atoms. The summed E-state index contributed by atoms with van der Waals surface area (Å²) in [4.78, 5) is 42.3. The number of carbonyl (C=O) groups is 2. The molecule has 0 aliphatic heterocycles. The van der Waals surface area contributed by atoms with E-state index in [1.54, 1.807) is 36.7 Å². The molecule has 4 aromatic rings. The van der Waals surface area contributed by atoms with E-state index >= 15 is 0 Å². The Morgan fingerprint density at radius 2 is 1.73 bits per heavy atom. The maximum absolute atomic E-state index is 14.0. The normalized spacial score (nSPS) is 11.4. The van der Waals surface area contributed by atoms with E-state index in [2.05, 4.69) is 20.3 Å². The van der Waals surface area contributed by atoms with Crippen LogP contribution in [0.2, 0.25) is 0 Å². The highest BCUT2D eigenvalue weighted by atomic mass is 32.2. The van der Waals surface area contributed by atoms with Crippen molar-refractivity contribution in [3.63, 3.8) is 0 Å². The number of nitrogens with zero attached hydrogens (tertiary/aromatic N) is 4. The van der Waals surface area contributed by atoms with Crippen molar-refractivity contribution in [1.29, 1.82) is 0 Å². The van der Waals surface area contributed by atoms with Gasteiger partial charge in [-0.3, -0.25) is 14.6 Å². The van der Waals surface area contributed by atoms with E-state index in [0.717, 1.165) is 17.0 Å². The molecule has 0 radical (unpaired) electrons. The van der Waals surface area contributed by atoms with Crippen molar-refractivity contribution < 1.29 is 23.5 Å². The van der Waals surface area contributed by atoms with Gasteiger partial charge < -0.3 is 19.7 Å². The first kappa shape index (κ1) is 29.5. The van der Waals surface area contributed by atoms with Crippen LogP contribution in [0.15, 0.2) is 78.2 Å². The molecule has 0 saturated heterocycles. The molecule has 2 aromatic heterocycles. The maximum atomic E-state index is 14.0. The SMILES string of the molecule is COc1ccc(NC(=O)C(c2ccc(F)cc2)N(Cc2cccnc2)C(=O)CSc2nc(C)cc(C)n2)c(OC)c1. The molecule has 1 atom stereocenters. The summed E-state index contributed by atoms with van der Waals surface area (Å²) in [6.45, 7) is 3.80. The molecule has 11 heteroatoms. The van der Waals surface area contributed by atoms with Crippen LogP contribution in [0.1, 0.15) is 28.6 Å². The quantitative estimate of drug-likeness (QED) is 0.193. The molecule has 9 nitrogen and oxygen atoms in total. The minimum absolute atomic E-state index is 0.0278. The number of hydrogen-bond acceptors (Lipinski definition) is 8. The highest BCUT2D eigenvalue weighted by molar-refractivity contribution is 7.99. The van der Waals surface area contributed by atoms with E-state index in [1.807, 2.05) is 26.0 Å². The number of pyridine rings is 1. The number of anilines is 1. The standard InChI is InChI=1S/C30H30FN5O4S/c1-19-14-20(2)34-30(33-19)41-18-27(37)36(17-21-6-5-13-32-16-21)28(22-7-9-23(31)10-8-22)29(38)35-25-12-11-24(39-3)15-26(25)40-4/h5-16,28H,17-18H2,1-4H3,(H,35,38). The van der Waals surface area contributed by atoms with Gasteiger partial charge in [-0.05, 0) is 61.4 Å². The molecule has 0 aliphatic carbocycles. The molecule has 0 bridgehead atoms. The van der Waals surface area contributed by atoms with Crippen molar-refractivity contribution in [3.8, 4) is 11.5 Å². The molecule has 2 heterocycles. The number of aryl methyl sites for hydroxylation is 2. The fraction of sp³-hybridized carbons (Fsp3) is 0.233. The molecule has 0 aliphatic rings. The highest BCUT2D eigenvalue weighted by Gasteiger charge is 2.32. The number of hydrogen-bond donors (Lipinski definition) is 1. The number of halogens is 1. The van der Waals surface area contributed by atoms with E-state index in [9.17, 15) is 14.0 Å². The molecular formula is C30H30FN5O4S. The van der Waals surface area contributed by atoms with Gasteiger partial charge in [0.25, 0.3) is 5.91 Å². The van der Waals surface area contributed by atoms with Crippen LogP contribution in [0.3, 0.4) is 0 Å². The zero-order valence-electron chi connectivity index (χ0n) is 23.1. The molecule has 1 N–H and O–H groups in total. The van der Waals surface area contributed by atoms with Gasteiger partial charge in [-0.1, -0.05) is 30.0 Å². The average Bonchev–Trinajstić information content (AvgIpc) is 2.96. The third-order valence-electron chi connectivity index (χ3n) is 6.09. The number of methoxy groups -OCH3 is 2. The molecule has 1 unspecified atom stereocenters. The van der Waals surface area contributed by atoms with Gasteiger partial charge >= 0.3 is 0 Å². The van der Waals surface area contributed by atoms with E-state index in [4.69, 9.17) is 9.47 Å². The molecule has 41 heavy (non-hydrogen) atoms. The Kier molecular flexibility index (Phi) is 9.86. The predicted octanol–water partition coefficient (Wildman–Crippen LogP) is 5.15. The summed E-state index contributed by atoms with van der Waals surface area (Å²) in [6, 6.07) is 14.8. The molecule has 0 saturated carbocycles. The largest absolute Gasteiger partial charge is 0.497 e. The Hall–Kier alpha value is -4.51. The fourth-order valence-electron chi connectivity index (χ4n) is 4.20. The highest BCUT2D eigenvalue weighted by Crippen LogP contribution is 2.32.